The van der Waals surface area contributed by atoms with Crippen molar-refractivity contribution in [1.82, 2.24) is 0 Å². The van der Waals surface area contributed by atoms with Crippen molar-refractivity contribution in [3.63, 3.8) is 0 Å². The molecule has 0 spiro atoms. The second-order valence-corrected chi connectivity index (χ2v) is 36.7. The van der Waals surface area contributed by atoms with Crippen molar-refractivity contribution >= 4 is 218 Å². The summed E-state index contributed by atoms with van der Waals surface area (Å²) in [6.45, 7) is 0. The fraction of sp³-hybridized carbons (Fsp3) is 0. The van der Waals surface area contributed by atoms with Crippen molar-refractivity contribution in [3.8, 4) is 45.6 Å². The molecule has 24 aromatic rings. The third kappa shape index (κ3) is 14.3. The van der Waals surface area contributed by atoms with Gasteiger partial charge in [-0.1, -0.05) is 279 Å². The smallest absolute Gasteiger partial charge is 0.153 e. The maximum Gasteiger partial charge on any atom is 0.153 e. The van der Waals surface area contributed by atoms with Gasteiger partial charge in [-0.2, -0.15) is 0 Å². The molecule has 0 radical (unpaired) electrons. The summed E-state index contributed by atoms with van der Waals surface area (Å²) < 4.78 is 27.7. The summed E-state index contributed by atoms with van der Waals surface area (Å²) >= 11 is 5.52. The van der Waals surface area contributed by atoms with Crippen molar-refractivity contribution in [3.05, 3.63) is 485 Å². The third-order valence-corrected chi connectivity index (χ3v) is 28.8. The molecule has 634 valence electrons. The monoisotopic (exact) mass is 1770 g/mol. The van der Waals surface area contributed by atoms with E-state index in [1.807, 2.05) is 58.3 Å². The van der Waals surface area contributed by atoms with E-state index in [0.717, 1.165) is 142 Å². The fourth-order valence-electron chi connectivity index (χ4n) is 19.3. The van der Waals surface area contributed by atoms with Crippen molar-refractivity contribution in [2.75, 3.05) is 29.4 Å². The molecule has 27 rings (SSSR count). The molecule has 3 aliphatic rings. The van der Waals surface area contributed by atoms with Gasteiger partial charge in [-0.3, -0.25) is 0 Å². The minimum atomic E-state index is 0.811. The van der Waals surface area contributed by atoms with Gasteiger partial charge in [-0.15, -0.1) is 34.0 Å². The Morgan fingerprint density at radius 3 is 0.948 bits per heavy atom. The summed E-state index contributed by atoms with van der Waals surface area (Å²) in [5, 5.41) is 12.6. The molecular weight excluding hydrogens is 1690 g/mol. The predicted molar refractivity (Wildman–Crippen MR) is 567 cm³/mol. The third-order valence-electron chi connectivity index (χ3n) is 25.4. The molecule has 0 saturated carbocycles. The molecule has 3 aromatic heterocycles. The van der Waals surface area contributed by atoms with E-state index in [-0.39, 0.29) is 0 Å². The number of rotatable bonds is 13. The van der Waals surface area contributed by atoms with Crippen molar-refractivity contribution in [2.45, 2.75) is 0 Å². The van der Waals surface area contributed by atoms with Gasteiger partial charge in [0.1, 0.15) is 0 Å². The molecule has 0 saturated heterocycles. The summed E-state index contributed by atoms with van der Waals surface area (Å²) in [4.78, 5) is 13.9. The van der Waals surface area contributed by atoms with E-state index in [1.165, 1.54) is 87.6 Å². The molecule has 0 atom stereocenters. The van der Waals surface area contributed by atoms with Crippen LogP contribution in [0.1, 0.15) is 0 Å². The van der Waals surface area contributed by atoms with Crippen LogP contribution in [-0.2, 0) is 0 Å². The highest BCUT2D eigenvalue weighted by atomic mass is 32.1. The molecule has 0 fully saturated rings. The standard InChI is InChI=1S/C42H28N2OS.2C40H26N2OS/c1-3-13-29(14-4-1)33-17-7-9-19-36(33)43(30-15-5-2-6-16-30)31-24-26-38-40(27-31)45-39-21-11-10-20-37(39)44(38)32-23-25-35-34-18-8-12-22-41(34)46-42(35)28-32;1-2-13-28(14-3-1)41(34-18-10-12-27-11-4-5-15-31(27)34)29-22-24-36-38(25-29)43-37-19-8-7-17-35(37)42(36)30-21-23-33-32-16-6-9-20-39(32)44-40(33)26-30;1-2-12-29(13-3-1)41(30-19-18-27-10-4-5-11-28(27)24-30)31-21-23-36-38(25-31)43-37-16-8-7-15-35(37)42(36)32-20-22-34-33-14-6-9-17-39(33)44-40(34)26-32/h1-28H;2*1-26H. The van der Waals surface area contributed by atoms with E-state index in [1.54, 1.807) is 0 Å². The zero-order valence-corrected chi connectivity index (χ0v) is 74.8. The highest BCUT2D eigenvalue weighted by molar-refractivity contribution is 7.26. The molecule has 0 aliphatic carbocycles. The molecule has 0 bridgehead atoms. The Morgan fingerprint density at radius 2 is 0.485 bits per heavy atom. The van der Waals surface area contributed by atoms with Crippen LogP contribution in [0, 0.1) is 0 Å². The first-order chi connectivity index (χ1) is 66.4. The number of nitrogens with zero attached hydrogens (tertiary/aromatic N) is 6. The number of fused-ring (bicyclic) bond motifs is 17. The topological polar surface area (TPSA) is 47.1 Å². The van der Waals surface area contributed by atoms with Gasteiger partial charge in [0.2, 0.25) is 0 Å². The van der Waals surface area contributed by atoms with Gasteiger partial charge in [0.05, 0.1) is 56.9 Å². The average molecular weight is 1770 g/mol. The Morgan fingerprint density at radius 1 is 0.172 bits per heavy atom. The number of ether oxygens (including phenoxy) is 3. The number of benzene rings is 21. The molecule has 0 unspecified atom stereocenters. The number of hydrogen-bond acceptors (Lipinski definition) is 12. The zero-order chi connectivity index (χ0) is 88.5. The van der Waals surface area contributed by atoms with E-state index < -0.39 is 0 Å². The zero-order valence-electron chi connectivity index (χ0n) is 72.3. The lowest BCUT2D eigenvalue weighted by Crippen LogP contribution is -2.17. The SMILES string of the molecule is c1ccc(-c2ccccc2N(c2ccccc2)c2ccc3c(c2)Oc2ccccc2N3c2ccc3c(c2)sc2ccccc23)cc1.c1ccc(N(c2ccc3c(c2)Oc2ccccc2N3c2ccc3c(c2)sc2ccccc23)c2ccc3ccccc3c2)cc1.c1ccc(N(c2ccc3c(c2)Oc2ccccc2N3c2ccc3c(c2)sc2ccccc23)c2cccc3ccccc23)cc1. The van der Waals surface area contributed by atoms with Crippen LogP contribution >= 0.6 is 34.0 Å². The molecule has 0 N–H and O–H groups in total. The molecule has 134 heavy (non-hydrogen) atoms. The van der Waals surface area contributed by atoms with Gasteiger partial charge in [0.25, 0.3) is 0 Å². The first kappa shape index (κ1) is 79.2. The number of hydrogen-bond donors (Lipinski definition) is 0. The fourth-order valence-corrected chi connectivity index (χ4v) is 22.7. The van der Waals surface area contributed by atoms with Crippen molar-refractivity contribution < 1.29 is 14.2 Å². The lowest BCUT2D eigenvalue weighted by Gasteiger charge is -2.34. The Balaban J connectivity index is 0.000000108. The van der Waals surface area contributed by atoms with E-state index in [0.29, 0.717) is 0 Å². The maximum absolute atomic E-state index is 6.68. The van der Waals surface area contributed by atoms with Crippen LogP contribution in [0.25, 0.3) is 93.2 Å². The summed E-state index contributed by atoms with van der Waals surface area (Å²) in [5.41, 5.74) is 21.4. The Labute approximate surface area is 787 Å². The Bertz CT molecular complexity index is 8630. The molecule has 21 aromatic carbocycles. The van der Waals surface area contributed by atoms with Crippen LogP contribution in [0.15, 0.2) is 485 Å². The van der Waals surface area contributed by atoms with Crippen LogP contribution in [0.2, 0.25) is 0 Å². The quantitative estimate of drug-likeness (QED) is 0.112. The van der Waals surface area contributed by atoms with Gasteiger partial charge in [-0.05, 0) is 210 Å². The number of anilines is 18. The van der Waals surface area contributed by atoms with E-state index in [4.69, 9.17) is 14.2 Å². The van der Waals surface area contributed by atoms with Gasteiger partial charge in [-0.25, -0.2) is 0 Å². The average Bonchev–Trinajstić information content (AvgIpc) is 0.950. The molecule has 9 nitrogen and oxygen atoms in total. The largest absolute Gasteiger partial charge is 0.453 e. The van der Waals surface area contributed by atoms with Crippen LogP contribution < -0.4 is 43.6 Å². The second kappa shape index (κ2) is 33.8. The Kier molecular flexibility index (Phi) is 20.0. The Hall–Kier alpha value is -17.0. The van der Waals surface area contributed by atoms with Crippen LogP contribution in [0.4, 0.5) is 102 Å². The highest BCUT2D eigenvalue weighted by Gasteiger charge is 2.33. The molecule has 3 aliphatic heterocycles. The second-order valence-electron chi connectivity index (χ2n) is 33.4. The normalized spacial score (nSPS) is 12.2. The lowest BCUT2D eigenvalue weighted by molar-refractivity contribution is 0.477. The number of para-hydroxylation sites is 10. The van der Waals surface area contributed by atoms with Crippen molar-refractivity contribution in [2.24, 2.45) is 0 Å². The summed E-state index contributed by atoms with van der Waals surface area (Å²) in [7, 11) is 0. The summed E-state index contributed by atoms with van der Waals surface area (Å²) in [6.07, 6.45) is 0. The highest BCUT2D eigenvalue weighted by Crippen LogP contribution is 2.59. The van der Waals surface area contributed by atoms with Gasteiger partial charge >= 0.3 is 0 Å². The molecular formula is C122H80N6O3S3. The van der Waals surface area contributed by atoms with Crippen LogP contribution in [0.3, 0.4) is 0 Å². The molecule has 12 heteroatoms. The van der Waals surface area contributed by atoms with E-state index >= 15 is 0 Å². The minimum absolute atomic E-state index is 0.811. The van der Waals surface area contributed by atoms with Gasteiger partial charge < -0.3 is 43.6 Å². The first-order valence-corrected chi connectivity index (χ1v) is 47.4. The lowest BCUT2D eigenvalue weighted by atomic mass is 10.0. The molecule has 0 amide bonds. The number of thiophene rings is 3. The van der Waals surface area contributed by atoms with Gasteiger partial charge in [0, 0.05) is 135 Å². The van der Waals surface area contributed by atoms with E-state index in [2.05, 4.69) is 490 Å². The van der Waals surface area contributed by atoms with Crippen LogP contribution in [-0.4, -0.2) is 0 Å². The van der Waals surface area contributed by atoms with Crippen LogP contribution in [0.5, 0.6) is 34.5 Å². The first-order valence-electron chi connectivity index (χ1n) is 45.0. The predicted octanol–water partition coefficient (Wildman–Crippen LogP) is 37.3. The minimum Gasteiger partial charge on any atom is -0.453 e. The van der Waals surface area contributed by atoms with Crippen molar-refractivity contribution in [1.29, 1.82) is 0 Å². The molecule has 6 heterocycles. The van der Waals surface area contributed by atoms with Gasteiger partial charge in [0.15, 0.2) is 34.5 Å². The summed E-state index contributed by atoms with van der Waals surface area (Å²) in [5.74, 6) is 4.96. The maximum atomic E-state index is 6.68. The summed E-state index contributed by atoms with van der Waals surface area (Å²) in [6, 6.07) is 172. The van der Waals surface area contributed by atoms with E-state index in [9.17, 15) is 0 Å².